The van der Waals surface area contributed by atoms with Crippen molar-refractivity contribution in [3.8, 4) is 5.75 Å². The Morgan fingerprint density at radius 3 is 2.17 bits per heavy atom. The Kier molecular flexibility index (Phi) is 6.44. The predicted molar refractivity (Wildman–Crippen MR) is 106 cm³/mol. The van der Waals surface area contributed by atoms with Gasteiger partial charge in [-0.25, -0.2) is 0 Å². The Labute approximate surface area is 172 Å². The maximum atomic E-state index is 12.6. The lowest BCUT2D eigenvalue weighted by Crippen LogP contribution is -2.50. The molecule has 158 valence electrons. The average molecular weight is 418 g/mol. The van der Waals surface area contributed by atoms with Gasteiger partial charge in [0.2, 0.25) is 5.91 Å². The Balaban J connectivity index is 1.58. The van der Waals surface area contributed by atoms with E-state index in [1.807, 2.05) is 19.1 Å². The van der Waals surface area contributed by atoms with Gasteiger partial charge in [0.05, 0.1) is 0 Å². The summed E-state index contributed by atoms with van der Waals surface area (Å²) in [7, 11) is 0. The lowest BCUT2D eigenvalue weighted by molar-refractivity contribution is -0.274. The molecule has 2 aromatic carbocycles. The molecule has 5 nitrogen and oxygen atoms in total. The Morgan fingerprint density at radius 1 is 0.933 bits per heavy atom. The minimum atomic E-state index is -4.81. The van der Waals surface area contributed by atoms with E-state index >= 15 is 0 Å². The predicted octanol–water partition coefficient (Wildman–Crippen LogP) is 3.89. The van der Waals surface area contributed by atoms with Gasteiger partial charge in [-0.3, -0.25) is 9.59 Å². The Bertz CT molecular complexity index is 931. The molecule has 0 unspecified atom stereocenters. The first-order valence-corrected chi connectivity index (χ1v) is 9.40. The van der Waals surface area contributed by atoms with E-state index in [1.165, 1.54) is 30.4 Å². The number of piperazine rings is 1. The van der Waals surface area contributed by atoms with Crippen LogP contribution in [0.5, 0.6) is 5.75 Å². The zero-order valence-electron chi connectivity index (χ0n) is 16.4. The maximum absolute atomic E-state index is 12.6. The van der Waals surface area contributed by atoms with Crippen LogP contribution in [0.2, 0.25) is 0 Å². The van der Waals surface area contributed by atoms with Crippen molar-refractivity contribution in [1.82, 2.24) is 9.80 Å². The van der Waals surface area contributed by atoms with Gasteiger partial charge in [0.15, 0.2) is 0 Å². The van der Waals surface area contributed by atoms with Gasteiger partial charge in [-0.2, -0.15) is 0 Å². The second-order valence-electron chi connectivity index (χ2n) is 6.90. The van der Waals surface area contributed by atoms with Gasteiger partial charge < -0.3 is 14.5 Å². The number of aryl methyl sites for hydroxylation is 1. The number of amides is 2. The van der Waals surface area contributed by atoms with Crippen molar-refractivity contribution in [3.05, 3.63) is 71.3 Å². The zero-order chi connectivity index (χ0) is 21.7. The number of carbonyl (C=O) groups excluding carboxylic acids is 2. The molecule has 1 heterocycles. The topological polar surface area (TPSA) is 49.9 Å². The van der Waals surface area contributed by atoms with E-state index in [4.69, 9.17) is 0 Å². The van der Waals surface area contributed by atoms with E-state index < -0.39 is 6.36 Å². The summed E-state index contributed by atoms with van der Waals surface area (Å²) in [5, 5.41) is 0. The smallest absolute Gasteiger partial charge is 0.405 e. The van der Waals surface area contributed by atoms with Crippen molar-refractivity contribution in [3.63, 3.8) is 0 Å². The number of benzene rings is 2. The van der Waals surface area contributed by atoms with Crippen LogP contribution in [-0.4, -0.2) is 54.2 Å². The highest BCUT2D eigenvalue weighted by molar-refractivity contribution is 5.95. The van der Waals surface area contributed by atoms with Crippen molar-refractivity contribution in [2.75, 3.05) is 26.2 Å². The van der Waals surface area contributed by atoms with E-state index in [0.717, 1.165) is 5.56 Å². The summed E-state index contributed by atoms with van der Waals surface area (Å²) in [6.07, 6.45) is -2.29. The fraction of sp³-hybridized carbons (Fsp3) is 0.273. The van der Waals surface area contributed by atoms with Crippen LogP contribution in [0, 0.1) is 6.92 Å². The molecule has 2 amide bonds. The monoisotopic (exact) mass is 418 g/mol. The molecule has 1 saturated heterocycles. The van der Waals surface area contributed by atoms with Gasteiger partial charge in [-0.15, -0.1) is 13.2 Å². The van der Waals surface area contributed by atoms with E-state index in [1.54, 1.807) is 28.0 Å². The summed E-state index contributed by atoms with van der Waals surface area (Å²) in [4.78, 5) is 28.2. The number of carbonyl (C=O) groups is 2. The zero-order valence-corrected chi connectivity index (χ0v) is 16.4. The summed E-state index contributed by atoms with van der Waals surface area (Å²) in [6, 6.07) is 12.9. The van der Waals surface area contributed by atoms with E-state index in [2.05, 4.69) is 4.74 Å². The van der Waals surface area contributed by atoms with Crippen LogP contribution in [0.25, 0.3) is 6.08 Å². The highest BCUT2D eigenvalue weighted by Gasteiger charge is 2.31. The number of hydrogen-bond donors (Lipinski definition) is 0. The van der Waals surface area contributed by atoms with Crippen LogP contribution >= 0.6 is 0 Å². The normalized spacial score (nSPS) is 14.8. The first kappa shape index (κ1) is 21.4. The number of rotatable bonds is 4. The van der Waals surface area contributed by atoms with Crippen LogP contribution in [0.15, 0.2) is 54.6 Å². The van der Waals surface area contributed by atoms with Crippen molar-refractivity contribution < 1.29 is 27.5 Å². The highest BCUT2D eigenvalue weighted by atomic mass is 19.4. The third kappa shape index (κ3) is 5.62. The third-order valence-corrected chi connectivity index (χ3v) is 4.73. The fourth-order valence-corrected chi connectivity index (χ4v) is 3.11. The molecule has 0 radical (unpaired) electrons. The Hall–Kier alpha value is -3.29. The van der Waals surface area contributed by atoms with Crippen molar-refractivity contribution >= 4 is 17.9 Å². The van der Waals surface area contributed by atoms with Crippen molar-refractivity contribution in [1.29, 1.82) is 0 Å². The van der Waals surface area contributed by atoms with Gasteiger partial charge in [0.25, 0.3) is 5.91 Å². The lowest BCUT2D eigenvalue weighted by Gasteiger charge is -2.34. The number of hydrogen-bond acceptors (Lipinski definition) is 3. The largest absolute Gasteiger partial charge is 0.573 e. The third-order valence-electron chi connectivity index (χ3n) is 4.73. The van der Waals surface area contributed by atoms with Crippen LogP contribution in [0.1, 0.15) is 21.5 Å². The number of halogens is 3. The first-order chi connectivity index (χ1) is 14.2. The van der Waals surface area contributed by atoms with Crippen LogP contribution in [-0.2, 0) is 4.79 Å². The van der Waals surface area contributed by atoms with E-state index in [0.29, 0.717) is 31.7 Å². The molecule has 2 aromatic rings. The molecule has 30 heavy (non-hydrogen) atoms. The van der Waals surface area contributed by atoms with Gasteiger partial charge in [0.1, 0.15) is 5.75 Å². The minimum Gasteiger partial charge on any atom is -0.405 e. The molecule has 1 aliphatic heterocycles. The maximum Gasteiger partial charge on any atom is 0.573 e. The van der Waals surface area contributed by atoms with Crippen LogP contribution in [0.3, 0.4) is 0 Å². The van der Waals surface area contributed by atoms with Gasteiger partial charge in [-0.1, -0.05) is 35.9 Å². The molecule has 0 aromatic heterocycles. The minimum absolute atomic E-state index is 0.0872. The van der Waals surface area contributed by atoms with Gasteiger partial charge >= 0.3 is 6.36 Å². The molecule has 0 saturated carbocycles. The number of ether oxygens (including phenoxy) is 1. The second kappa shape index (κ2) is 9.02. The molecule has 0 spiro atoms. The second-order valence-corrected chi connectivity index (χ2v) is 6.90. The summed E-state index contributed by atoms with van der Waals surface area (Å²) in [5.74, 6) is -0.794. The molecular weight excluding hydrogens is 397 g/mol. The summed E-state index contributed by atoms with van der Waals surface area (Å²) in [6.45, 7) is 3.42. The Morgan fingerprint density at radius 2 is 1.53 bits per heavy atom. The summed E-state index contributed by atoms with van der Waals surface area (Å²) >= 11 is 0. The molecule has 0 bridgehead atoms. The molecule has 8 heteroatoms. The SMILES string of the molecule is Cc1ccc(C(=O)N2CCN(C(=O)/C=C/c3ccccc3OC(F)(F)F)CC2)cc1. The van der Waals surface area contributed by atoms with Gasteiger partial charge in [0, 0.05) is 43.4 Å². The highest BCUT2D eigenvalue weighted by Crippen LogP contribution is 2.27. The molecular formula is C22H21F3N2O3. The number of para-hydroxylation sites is 1. The summed E-state index contributed by atoms with van der Waals surface area (Å²) in [5.41, 5.74) is 1.81. The standard InChI is InChI=1S/C22H21F3N2O3/c1-16-6-8-18(9-7-16)21(29)27-14-12-26(13-15-27)20(28)11-10-17-4-2-3-5-19(17)30-22(23,24)25/h2-11H,12-15H2,1H3/b11-10+. The van der Waals surface area contributed by atoms with Gasteiger partial charge in [-0.05, 0) is 31.2 Å². The molecule has 0 atom stereocenters. The first-order valence-electron chi connectivity index (χ1n) is 9.40. The molecule has 1 aliphatic rings. The van der Waals surface area contributed by atoms with E-state index in [-0.39, 0.29) is 23.1 Å². The average Bonchev–Trinajstić information content (AvgIpc) is 2.72. The van der Waals surface area contributed by atoms with Crippen molar-refractivity contribution in [2.24, 2.45) is 0 Å². The number of nitrogens with zero attached hydrogens (tertiary/aromatic N) is 2. The molecule has 1 fully saturated rings. The summed E-state index contributed by atoms with van der Waals surface area (Å²) < 4.78 is 41.5. The molecule has 0 aliphatic carbocycles. The van der Waals surface area contributed by atoms with Crippen LogP contribution < -0.4 is 4.74 Å². The van der Waals surface area contributed by atoms with Crippen molar-refractivity contribution in [2.45, 2.75) is 13.3 Å². The fourth-order valence-electron chi connectivity index (χ4n) is 3.11. The number of alkyl halides is 3. The molecule has 0 N–H and O–H groups in total. The quantitative estimate of drug-likeness (QED) is 0.708. The van der Waals surface area contributed by atoms with Crippen LogP contribution in [0.4, 0.5) is 13.2 Å². The van der Waals surface area contributed by atoms with E-state index in [9.17, 15) is 22.8 Å². The molecule has 3 rings (SSSR count). The lowest BCUT2D eigenvalue weighted by atomic mass is 10.1.